The first-order valence-corrected chi connectivity index (χ1v) is 9.54. The zero-order chi connectivity index (χ0) is 19.2. The van der Waals surface area contributed by atoms with Gasteiger partial charge < -0.3 is 15.5 Å². The van der Waals surface area contributed by atoms with E-state index in [0.29, 0.717) is 13.1 Å². The number of carbonyl (C=O) groups is 2. The molecule has 2 N–H and O–H groups in total. The quantitative estimate of drug-likeness (QED) is 0.832. The van der Waals surface area contributed by atoms with Crippen LogP contribution in [-0.2, 0) is 9.59 Å². The van der Waals surface area contributed by atoms with Crippen LogP contribution in [0.1, 0.15) is 26.7 Å². The number of amides is 2. The van der Waals surface area contributed by atoms with Gasteiger partial charge in [0, 0.05) is 42.0 Å². The van der Waals surface area contributed by atoms with Crippen LogP contribution in [0.3, 0.4) is 0 Å². The number of nitrogens with zero attached hydrogens (tertiary/aromatic N) is 1. The van der Waals surface area contributed by atoms with E-state index in [9.17, 15) is 9.59 Å². The number of para-hydroxylation sites is 1. The Morgan fingerprint density at radius 1 is 0.889 bits per heavy atom. The highest BCUT2D eigenvalue weighted by Crippen LogP contribution is 2.22. The fourth-order valence-corrected chi connectivity index (χ4v) is 3.30. The molecule has 0 bridgehead atoms. The summed E-state index contributed by atoms with van der Waals surface area (Å²) in [6, 6.07) is 17.7. The van der Waals surface area contributed by atoms with Crippen molar-refractivity contribution in [1.29, 1.82) is 0 Å². The molecule has 3 rings (SSSR count). The minimum atomic E-state index is -0.0386. The van der Waals surface area contributed by atoms with Crippen molar-refractivity contribution in [2.45, 2.75) is 26.7 Å². The van der Waals surface area contributed by atoms with Gasteiger partial charge in [-0.25, -0.2) is 0 Å². The van der Waals surface area contributed by atoms with Crippen molar-refractivity contribution < 1.29 is 9.59 Å². The minimum absolute atomic E-state index is 0.0124. The van der Waals surface area contributed by atoms with Crippen molar-refractivity contribution in [2.24, 2.45) is 11.8 Å². The second-order valence-electron chi connectivity index (χ2n) is 7.31. The largest absolute Gasteiger partial charge is 0.356 e. The maximum atomic E-state index is 12.5. The van der Waals surface area contributed by atoms with Gasteiger partial charge in [0.2, 0.25) is 11.8 Å². The van der Waals surface area contributed by atoms with Crippen LogP contribution < -0.4 is 10.6 Å². The summed E-state index contributed by atoms with van der Waals surface area (Å²) in [6.45, 7) is 5.15. The van der Waals surface area contributed by atoms with Crippen molar-refractivity contribution in [3.63, 3.8) is 0 Å². The van der Waals surface area contributed by atoms with Gasteiger partial charge in [0.25, 0.3) is 0 Å². The van der Waals surface area contributed by atoms with Crippen molar-refractivity contribution >= 4 is 28.9 Å². The van der Waals surface area contributed by atoms with Crippen LogP contribution in [-0.4, -0.2) is 29.8 Å². The number of anilines is 3. The van der Waals surface area contributed by atoms with Crippen molar-refractivity contribution in [1.82, 2.24) is 4.90 Å². The van der Waals surface area contributed by atoms with E-state index in [0.717, 1.165) is 29.9 Å². The van der Waals surface area contributed by atoms with Gasteiger partial charge in [0.05, 0.1) is 0 Å². The number of likely N-dealkylation sites (tertiary alicyclic amines) is 1. The zero-order valence-electron chi connectivity index (χ0n) is 15.9. The van der Waals surface area contributed by atoms with Crippen LogP contribution in [0.2, 0.25) is 0 Å². The molecule has 1 heterocycles. The Hall–Kier alpha value is -2.82. The van der Waals surface area contributed by atoms with Crippen LogP contribution in [0.4, 0.5) is 17.1 Å². The number of benzene rings is 2. The van der Waals surface area contributed by atoms with Crippen molar-refractivity contribution in [3.8, 4) is 0 Å². The summed E-state index contributed by atoms with van der Waals surface area (Å²) >= 11 is 0. The first-order chi connectivity index (χ1) is 13.0. The maximum Gasteiger partial charge on any atom is 0.227 e. The van der Waals surface area contributed by atoms with Gasteiger partial charge in [0.1, 0.15) is 0 Å². The summed E-state index contributed by atoms with van der Waals surface area (Å²) in [5, 5.41) is 6.32. The third-order valence-electron chi connectivity index (χ3n) is 4.89. The molecular formula is C22H27N3O2. The average molecular weight is 365 g/mol. The van der Waals surface area contributed by atoms with Gasteiger partial charge in [-0.3, -0.25) is 9.59 Å². The molecule has 0 saturated carbocycles. The van der Waals surface area contributed by atoms with Gasteiger partial charge in [-0.1, -0.05) is 32.0 Å². The van der Waals surface area contributed by atoms with Crippen LogP contribution in [0.25, 0.3) is 0 Å². The normalized spacial score (nSPS) is 14.9. The molecule has 142 valence electrons. The molecule has 5 heteroatoms. The first-order valence-electron chi connectivity index (χ1n) is 9.54. The number of carbonyl (C=O) groups excluding carboxylic acids is 2. The SMILES string of the molecule is CC(C)C(=O)N1CCC(C(=O)Nc2ccc(Nc3ccccc3)cc2)CC1. The van der Waals surface area contributed by atoms with Crippen molar-refractivity contribution in [3.05, 3.63) is 54.6 Å². The zero-order valence-corrected chi connectivity index (χ0v) is 15.9. The number of nitrogens with one attached hydrogen (secondary N) is 2. The van der Waals surface area contributed by atoms with E-state index in [1.807, 2.05) is 73.3 Å². The Morgan fingerprint density at radius 2 is 1.44 bits per heavy atom. The summed E-state index contributed by atoms with van der Waals surface area (Å²) in [5.41, 5.74) is 2.79. The Morgan fingerprint density at radius 3 is 2.04 bits per heavy atom. The summed E-state index contributed by atoms with van der Waals surface area (Å²) < 4.78 is 0. The molecule has 2 amide bonds. The number of piperidine rings is 1. The van der Waals surface area contributed by atoms with Gasteiger partial charge >= 0.3 is 0 Å². The standard InChI is InChI=1S/C22H27N3O2/c1-16(2)22(27)25-14-12-17(13-15-25)21(26)24-20-10-8-19(9-11-20)23-18-6-4-3-5-7-18/h3-11,16-17,23H,12-15H2,1-2H3,(H,24,26). The lowest BCUT2D eigenvalue weighted by Crippen LogP contribution is -2.43. The molecule has 0 unspecified atom stereocenters. The lowest BCUT2D eigenvalue weighted by molar-refractivity contribution is -0.137. The second-order valence-corrected chi connectivity index (χ2v) is 7.31. The Bertz CT molecular complexity index is 764. The predicted octanol–water partition coefficient (Wildman–Crippen LogP) is 4.26. The second kappa shape index (κ2) is 8.71. The van der Waals surface area contributed by atoms with Gasteiger partial charge in [-0.05, 0) is 49.2 Å². The third-order valence-corrected chi connectivity index (χ3v) is 4.89. The molecule has 0 radical (unpaired) electrons. The van der Waals surface area contributed by atoms with E-state index < -0.39 is 0 Å². The number of hydrogen-bond donors (Lipinski definition) is 2. The van der Waals surface area contributed by atoms with Gasteiger partial charge in [-0.15, -0.1) is 0 Å². The van der Waals surface area contributed by atoms with Gasteiger partial charge in [-0.2, -0.15) is 0 Å². The molecule has 1 fully saturated rings. The highest BCUT2D eigenvalue weighted by Gasteiger charge is 2.28. The molecule has 27 heavy (non-hydrogen) atoms. The third kappa shape index (κ3) is 5.09. The van der Waals surface area contributed by atoms with Crippen LogP contribution in [0.5, 0.6) is 0 Å². The molecule has 2 aromatic rings. The molecule has 5 nitrogen and oxygen atoms in total. The maximum absolute atomic E-state index is 12.5. The fourth-order valence-electron chi connectivity index (χ4n) is 3.30. The highest BCUT2D eigenvalue weighted by atomic mass is 16.2. The van der Waals surface area contributed by atoms with Crippen LogP contribution in [0.15, 0.2) is 54.6 Å². The highest BCUT2D eigenvalue weighted by molar-refractivity contribution is 5.93. The van der Waals surface area contributed by atoms with Crippen LogP contribution in [0, 0.1) is 11.8 Å². The Balaban J connectivity index is 1.50. The number of hydrogen-bond acceptors (Lipinski definition) is 3. The van der Waals surface area contributed by atoms with Crippen molar-refractivity contribution in [2.75, 3.05) is 23.7 Å². The average Bonchev–Trinajstić information content (AvgIpc) is 2.69. The van der Waals surface area contributed by atoms with E-state index in [-0.39, 0.29) is 23.7 Å². The molecule has 0 spiro atoms. The molecule has 1 saturated heterocycles. The molecule has 1 aliphatic heterocycles. The monoisotopic (exact) mass is 365 g/mol. The summed E-state index contributed by atoms with van der Waals surface area (Å²) in [5.74, 6) is 0.187. The Labute approximate surface area is 160 Å². The van der Waals surface area contributed by atoms with E-state index in [2.05, 4.69) is 10.6 Å². The summed E-state index contributed by atoms with van der Waals surface area (Å²) in [7, 11) is 0. The topological polar surface area (TPSA) is 61.4 Å². The van der Waals surface area contributed by atoms with E-state index >= 15 is 0 Å². The Kier molecular flexibility index (Phi) is 6.12. The van der Waals surface area contributed by atoms with E-state index in [1.54, 1.807) is 0 Å². The lowest BCUT2D eigenvalue weighted by Gasteiger charge is -2.32. The van der Waals surface area contributed by atoms with Crippen LogP contribution >= 0.6 is 0 Å². The fraction of sp³-hybridized carbons (Fsp3) is 0.364. The molecule has 0 aromatic heterocycles. The van der Waals surface area contributed by atoms with Gasteiger partial charge in [0.15, 0.2) is 0 Å². The summed E-state index contributed by atoms with van der Waals surface area (Å²) in [4.78, 5) is 26.4. The minimum Gasteiger partial charge on any atom is -0.356 e. The predicted molar refractivity (Wildman–Crippen MR) is 109 cm³/mol. The molecule has 1 aliphatic rings. The van der Waals surface area contributed by atoms with E-state index in [1.165, 1.54) is 0 Å². The molecule has 0 aliphatic carbocycles. The molecule has 2 aromatic carbocycles. The first kappa shape index (κ1) is 19.0. The molecule has 0 atom stereocenters. The molecular weight excluding hydrogens is 338 g/mol. The van der Waals surface area contributed by atoms with E-state index in [4.69, 9.17) is 0 Å². The smallest absolute Gasteiger partial charge is 0.227 e. The lowest BCUT2D eigenvalue weighted by atomic mass is 9.95. The number of rotatable bonds is 5. The summed E-state index contributed by atoms with van der Waals surface area (Å²) in [6.07, 6.45) is 1.44.